The Balaban J connectivity index is 1.91. The predicted octanol–water partition coefficient (Wildman–Crippen LogP) is 3.56. The summed E-state index contributed by atoms with van der Waals surface area (Å²) >= 11 is 0. The van der Waals surface area contributed by atoms with E-state index in [1.807, 2.05) is 42.7 Å². The number of nitrogens with zero attached hydrogens (tertiary/aromatic N) is 2. The van der Waals surface area contributed by atoms with Gasteiger partial charge in [0.15, 0.2) is 0 Å². The number of nitrogens with one attached hydrogen (secondary N) is 1. The van der Waals surface area contributed by atoms with Crippen molar-refractivity contribution in [3.05, 3.63) is 60.0 Å². The van der Waals surface area contributed by atoms with Gasteiger partial charge in [0.25, 0.3) is 0 Å². The molecule has 2 aromatic heterocycles. The molecule has 0 radical (unpaired) electrons. The van der Waals surface area contributed by atoms with Crippen LogP contribution >= 0.6 is 0 Å². The standard InChI is InChI=1S/C17H17N3O/c1-12-5-7-18-10-14(12)11-20-17-16-9-15(21-2)4-3-13(16)6-8-19-17/h3-10H,11H2,1-2H3,(H,19,20). The summed E-state index contributed by atoms with van der Waals surface area (Å²) < 4.78 is 5.29. The average molecular weight is 279 g/mol. The first-order chi connectivity index (χ1) is 10.3. The van der Waals surface area contributed by atoms with Crippen LogP contribution in [0.4, 0.5) is 5.82 Å². The molecular weight excluding hydrogens is 262 g/mol. The minimum absolute atomic E-state index is 0.697. The van der Waals surface area contributed by atoms with E-state index in [1.54, 1.807) is 13.3 Å². The average Bonchev–Trinajstić information content (AvgIpc) is 2.53. The smallest absolute Gasteiger partial charge is 0.134 e. The van der Waals surface area contributed by atoms with Gasteiger partial charge in [-0.15, -0.1) is 0 Å². The van der Waals surface area contributed by atoms with Gasteiger partial charge in [0.05, 0.1) is 7.11 Å². The highest BCUT2D eigenvalue weighted by atomic mass is 16.5. The molecule has 0 amide bonds. The Labute approximate surface area is 123 Å². The maximum absolute atomic E-state index is 5.29. The first kappa shape index (κ1) is 13.4. The van der Waals surface area contributed by atoms with Crippen LogP contribution in [-0.4, -0.2) is 17.1 Å². The third-order valence-electron chi connectivity index (χ3n) is 3.57. The van der Waals surface area contributed by atoms with Crippen molar-refractivity contribution in [1.29, 1.82) is 0 Å². The van der Waals surface area contributed by atoms with E-state index in [0.29, 0.717) is 6.54 Å². The van der Waals surface area contributed by atoms with Crippen molar-refractivity contribution in [3.8, 4) is 5.75 Å². The Morgan fingerprint density at radius 1 is 1.14 bits per heavy atom. The SMILES string of the molecule is COc1ccc2ccnc(NCc3cnccc3C)c2c1. The summed E-state index contributed by atoms with van der Waals surface area (Å²) in [6.45, 7) is 2.78. The van der Waals surface area contributed by atoms with E-state index in [1.165, 1.54) is 11.1 Å². The maximum atomic E-state index is 5.29. The molecule has 4 nitrogen and oxygen atoms in total. The van der Waals surface area contributed by atoms with E-state index < -0.39 is 0 Å². The molecule has 0 aliphatic carbocycles. The van der Waals surface area contributed by atoms with Crippen LogP contribution in [0.1, 0.15) is 11.1 Å². The van der Waals surface area contributed by atoms with Gasteiger partial charge in [-0.1, -0.05) is 6.07 Å². The van der Waals surface area contributed by atoms with Crippen molar-refractivity contribution in [3.63, 3.8) is 0 Å². The highest BCUT2D eigenvalue weighted by Gasteiger charge is 2.05. The number of aromatic nitrogens is 2. The Morgan fingerprint density at radius 3 is 2.86 bits per heavy atom. The predicted molar refractivity (Wildman–Crippen MR) is 84.6 cm³/mol. The summed E-state index contributed by atoms with van der Waals surface area (Å²) in [5.74, 6) is 1.69. The van der Waals surface area contributed by atoms with Crippen LogP contribution in [0.15, 0.2) is 48.9 Å². The highest BCUT2D eigenvalue weighted by molar-refractivity contribution is 5.92. The highest BCUT2D eigenvalue weighted by Crippen LogP contribution is 2.26. The molecule has 0 aliphatic heterocycles. The Bertz CT molecular complexity index is 771. The first-order valence-corrected chi connectivity index (χ1v) is 6.84. The molecule has 2 heterocycles. The van der Waals surface area contributed by atoms with Crippen molar-refractivity contribution >= 4 is 16.6 Å². The molecule has 1 aromatic carbocycles. The molecule has 3 aromatic rings. The third kappa shape index (κ3) is 2.79. The Kier molecular flexibility index (Phi) is 3.69. The zero-order valence-corrected chi connectivity index (χ0v) is 12.1. The molecule has 0 aliphatic rings. The number of benzene rings is 1. The van der Waals surface area contributed by atoms with Crippen LogP contribution in [0, 0.1) is 6.92 Å². The van der Waals surface area contributed by atoms with Crippen molar-refractivity contribution in [2.45, 2.75) is 13.5 Å². The lowest BCUT2D eigenvalue weighted by Crippen LogP contribution is -2.03. The summed E-state index contributed by atoms with van der Waals surface area (Å²) in [5.41, 5.74) is 2.38. The van der Waals surface area contributed by atoms with Crippen molar-refractivity contribution < 1.29 is 4.74 Å². The number of methoxy groups -OCH3 is 1. The number of anilines is 1. The molecule has 0 spiro atoms. The molecule has 0 bridgehead atoms. The topological polar surface area (TPSA) is 47.0 Å². The van der Waals surface area contributed by atoms with Crippen LogP contribution < -0.4 is 10.1 Å². The van der Waals surface area contributed by atoms with Gasteiger partial charge in [-0.05, 0) is 47.7 Å². The van der Waals surface area contributed by atoms with Gasteiger partial charge < -0.3 is 10.1 Å². The minimum Gasteiger partial charge on any atom is -0.497 e. The fourth-order valence-electron chi connectivity index (χ4n) is 2.28. The van der Waals surface area contributed by atoms with Crippen LogP contribution in [0.25, 0.3) is 10.8 Å². The van der Waals surface area contributed by atoms with Crippen molar-refractivity contribution in [1.82, 2.24) is 9.97 Å². The summed E-state index contributed by atoms with van der Waals surface area (Å²) in [6.07, 6.45) is 5.50. The van der Waals surface area contributed by atoms with Crippen LogP contribution in [0.3, 0.4) is 0 Å². The molecular formula is C17H17N3O. The molecule has 4 heteroatoms. The third-order valence-corrected chi connectivity index (χ3v) is 3.57. The molecule has 3 rings (SSSR count). The van der Waals surface area contributed by atoms with Crippen LogP contribution in [0.5, 0.6) is 5.75 Å². The number of fused-ring (bicyclic) bond motifs is 1. The molecule has 0 unspecified atom stereocenters. The summed E-state index contributed by atoms with van der Waals surface area (Å²) in [6, 6.07) is 10.0. The van der Waals surface area contributed by atoms with E-state index in [-0.39, 0.29) is 0 Å². The Hall–Kier alpha value is -2.62. The number of pyridine rings is 2. The van der Waals surface area contributed by atoms with Crippen LogP contribution in [0.2, 0.25) is 0 Å². The van der Waals surface area contributed by atoms with Gasteiger partial charge in [0.1, 0.15) is 11.6 Å². The largest absolute Gasteiger partial charge is 0.497 e. The zero-order valence-electron chi connectivity index (χ0n) is 12.1. The molecule has 0 saturated heterocycles. The van der Waals surface area contributed by atoms with Crippen LogP contribution in [-0.2, 0) is 6.54 Å². The van der Waals surface area contributed by atoms with Crippen molar-refractivity contribution in [2.75, 3.05) is 12.4 Å². The van der Waals surface area contributed by atoms with Gasteiger partial charge in [-0.25, -0.2) is 4.98 Å². The fraction of sp³-hybridized carbons (Fsp3) is 0.176. The lowest BCUT2D eigenvalue weighted by Gasteiger charge is -2.11. The van der Waals surface area contributed by atoms with Gasteiger partial charge in [0.2, 0.25) is 0 Å². The van der Waals surface area contributed by atoms with E-state index >= 15 is 0 Å². The molecule has 0 saturated carbocycles. The lowest BCUT2D eigenvalue weighted by atomic mass is 10.1. The normalized spacial score (nSPS) is 10.6. The van der Waals surface area contributed by atoms with E-state index in [0.717, 1.165) is 22.3 Å². The lowest BCUT2D eigenvalue weighted by molar-refractivity contribution is 0.415. The summed E-state index contributed by atoms with van der Waals surface area (Å²) in [4.78, 5) is 8.61. The molecule has 21 heavy (non-hydrogen) atoms. The molecule has 1 N–H and O–H groups in total. The van der Waals surface area contributed by atoms with Gasteiger partial charge in [-0.3, -0.25) is 4.98 Å². The maximum Gasteiger partial charge on any atom is 0.134 e. The molecule has 106 valence electrons. The minimum atomic E-state index is 0.697. The number of hydrogen-bond acceptors (Lipinski definition) is 4. The van der Waals surface area contributed by atoms with E-state index in [9.17, 15) is 0 Å². The summed E-state index contributed by atoms with van der Waals surface area (Å²) in [5, 5.41) is 5.58. The first-order valence-electron chi connectivity index (χ1n) is 6.84. The monoisotopic (exact) mass is 279 g/mol. The number of hydrogen-bond donors (Lipinski definition) is 1. The van der Waals surface area contributed by atoms with Gasteiger partial charge >= 0.3 is 0 Å². The number of rotatable bonds is 4. The van der Waals surface area contributed by atoms with E-state index in [2.05, 4.69) is 22.2 Å². The quantitative estimate of drug-likeness (QED) is 0.793. The fourth-order valence-corrected chi connectivity index (χ4v) is 2.28. The Morgan fingerprint density at radius 2 is 2.05 bits per heavy atom. The summed E-state index contributed by atoms with van der Waals surface area (Å²) in [7, 11) is 1.67. The number of aryl methyl sites for hydroxylation is 1. The van der Waals surface area contributed by atoms with Crippen molar-refractivity contribution in [2.24, 2.45) is 0 Å². The second-order valence-corrected chi connectivity index (χ2v) is 4.90. The van der Waals surface area contributed by atoms with Gasteiger partial charge in [0, 0.05) is 30.5 Å². The number of ether oxygens (including phenoxy) is 1. The van der Waals surface area contributed by atoms with Gasteiger partial charge in [-0.2, -0.15) is 0 Å². The second kappa shape index (κ2) is 5.79. The molecule has 0 fully saturated rings. The van der Waals surface area contributed by atoms with E-state index in [4.69, 9.17) is 4.74 Å². The zero-order chi connectivity index (χ0) is 14.7. The molecule has 0 atom stereocenters. The second-order valence-electron chi connectivity index (χ2n) is 4.90.